The van der Waals surface area contributed by atoms with Crippen molar-refractivity contribution in [3.8, 4) is 28.6 Å². The van der Waals surface area contributed by atoms with E-state index in [0.717, 1.165) is 23.4 Å². The van der Waals surface area contributed by atoms with Gasteiger partial charge in [0.1, 0.15) is 5.82 Å². The number of phenolic OH excluding ortho intramolecular Hbond substituents is 1. The van der Waals surface area contributed by atoms with E-state index in [1.54, 1.807) is 18.5 Å². The second kappa shape index (κ2) is 7.92. The fourth-order valence-electron chi connectivity index (χ4n) is 3.61. The zero-order chi connectivity index (χ0) is 20.4. The first-order valence-electron chi connectivity index (χ1n) is 9.27. The third-order valence-electron chi connectivity index (χ3n) is 5.03. The SMILES string of the molecule is COc1cc(CN2CCc3nc(-c4ccncc4)[nH]c(=O)c3C2)cc(O)c1OC. The average molecular weight is 394 g/mol. The fraction of sp³-hybridized carbons (Fsp3) is 0.286. The second-order valence-electron chi connectivity index (χ2n) is 6.89. The van der Waals surface area contributed by atoms with Gasteiger partial charge in [0.25, 0.3) is 5.56 Å². The van der Waals surface area contributed by atoms with E-state index < -0.39 is 0 Å². The lowest BCUT2D eigenvalue weighted by molar-refractivity contribution is 0.240. The van der Waals surface area contributed by atoms with Crippen LogP contribution in [0.5, 0.6) is 17.2 Å². The van der Waals surface area contributed by atoms with Crippen molar-refractivity contribution in [2.24, 2.45) is 0 Å². The summed E-state index contributed by atoms with van der Waals surface area (Å²) in [5, 5.41) is 10.2. The van der Waals surface area contributed by atoms with Crippen LogP contribution in [0.2, 0.25) is 0 Å². The molecule has 150 valence electrons. The minimum Gasteiger partial charge on any atom is -0.504 e. The number of nitrogens with one attached hydrogen (secondary N) is 1. The Labute approximate surface area is 167 Å². The van der Waals surface area contributed by atoms with Gasteiger partial charge in [-0.25, -0.2) is 4.98 Å². The number of fused-ring (bicyclic) bond motifs is 1. The van der Waals surface area contributed by atoms with Crippen molar-refractivity contribution in [1.82, 2.24) is 19.9 Å². The van der Waals surface area contributed by atoms with Crippen molar-refractivity contribution in [3.05, 3.63) is 63.8 Å². The molecule has 3 aromatic rings. The predicted octanol–water partition coefficient (Wildman–Crippen LogP) is 2.11. The van der Waals surface area contributed by atoms with E-state index in [4.69, 9.17) is 9.47 Å². The Morgan fingerprint density at radius 2 is 2.00 bits per heavy atom. The Kier molecular flexibility index (Phi) is 5.18. The molecule has 1 aromatic carbocycles. The highest BCUT2D eigenvalue weighted by Gasteiger charge is 2.22. The summed E-state index contributed by atoms with van der Waals surface area (Å²) in [5.41, 5.74) is 3.09. The molecule has 3 heterocycles. The van der Waals surface area contributed by atoms with Crippen LogP contribution in [-0.4, -0.2) is 45.7 Å². The lowest BCUT2D eigenvalue weighted by atomic mass is 10.1. The zero-order valence-electron chi connectivity index (χ0n) is 16.3. The first-order chi connectivity index (χ1) is 14.1. The number of pyridine rings is 1. The van der Waals surface area contributed by atoms with Crippen LogP contribution < -0.4 is 15.0 Å². The number of aromatic nitrogens is 3. The van der Waals surface area contributed by atoms with Gasteiger partial charge in [0.05, 0.1) is 25.5 Å². The van der Waals surface area contributed by atoms with Crippen LogP contribution >= 0.6 is 0 Å². The molecule has 0 bridgehead atoms. The summed E-state index contributed by atoms with van der Waals surface area (Å²) in [6, 6.07) is 7.14. The summed E-state index contributed by atoms with van der Waals surface area (Å²) >= 11 is 0. The minimum absolute atomic E-state index is 0.0285. The normalized spacial score (nSPS) is 13.7. The molecule has 8 nitrogen and oxygen atoms in total. The minimum atomic E-state index is -0.123. The molecular formula is C21H22N4O4. The molecule has 0 spiro atoms. The molecular weight excluding hydrogens is 372 g/mol. The maximum absolute atomic E-state index is 12.7. The standard InChI is InChI=1S/C21H22N4O4/c1-28-18-10-13(9-17(26)19(18)29-2)11-25-8-5-16-15(12-25)21(27)24-20(23-16)14-3-6-22-7-4-14/h3-4,6-7,9-10,26H,5,8,11-12H2,1-2H3,(H,23,24,27). The number of hydrogen-bond donors (Lipinski definition) is 2. The van der Waals surface area contributed by atoms with Gasteiger partial charge in [0, 0.05) is 44.0 Å². The van der Waals surface area contributed by atoms with E-state index >= 15 is 0 Å². The third-order valence-corrected chi connectivity index (χ3v) is 5.03. The highest BCUT2D eigenvalue weighted by molar-refractivity contribution is 5.54. The number of phenols is 1. The lowest BCUT2D eigenvalue weighted by Crippen LogP contribution is -2.35. The number of aromatic hydroxyl groups is 1. The number of methoxy groups -OCH3 is 2. The third kappa shape index (κ3) is 3.79. The molecule has 0 amide bonds. The van der Waals surface area contributed by atoms with Crippen molar-refractivity contribution in [3.63, 3.8) is 0 Å². The summed E-state index contributed by atoms with van der Waals surface area (Å²) in [5.74, 6) is 1.38. The zero-order valence-corrected chi connectivity index (χ0v) is 16.3. The molecule has 0 fully saturated rings. The Morgan fingerprint density at radius 3 is 2.72 bits per heavy atom. The monoisotopic (exact) mass is 394 g/mol. The van der Waals surface area contributed by atoms with E-state index in [2.05, 4.69) is 19.9 Å². The van der Waals surface area contributed by atoms with Gasteiger partial charge < -0.3 is 19.6 Å². The lowest BCUT2D eigenvalue weighted by Gasteiger charge is -2.28. The number of aromatic amines is 1. The van der Waals surface area contributed by atoms with Crippen molar-refractivity contribution < 1.29 is 14.6 Å². The molecule has 0 saturated heterocycles. The number of rotatable bonds is 5. The van der Waals surface area contributed by atoms with Crippen molar-refractivity contribution >= 4 is 0 Å². The Bertz CT molecular complexity index is 1080. The van der Waals surface area contributed by atoms with Crippen molar-refractivity contribution in [1.29, 1.82) is 0 Å². The van der Waals surface area contributed by atoms with Gasteiger partial charge in [0.15, 0.2) is 11.5 Å². The summed E-state index contributed by atoms with van der Waals surface area (Å²) in [6.07, 6.45) is 4.03. The summed E-state index contributed by atoms with van der Waals surface area (Å²) in [7, 11) is 3.02. The molecule has 2 aromatic heterocycles. The van der Waals surface area contributed by atoms with Crippen LogP contribution in [0.1, 0.15) is 16.8 Å². The highest BCUT2D eigenvalue weighted by atomic mass is 16.5. The number of benzene rings is 1. The molecule has 2 N–H and O–H groups in total. The first kappa shape index (κ1) is 18.9. The van der Waals surface area contributed by atoms with Crippen LogP contribution in [0, 0.1) is 0 Å². The van der Waals surface area contributed by atoms with Crippen LogP contribution in [0.25, 0.3) is 11.4 Å². The first-order valence-corrected chi connectivity index (χ1v) is 9.27. The Morgan fingerprint density at radius 1 is 1.21 bits per heavy atom. The van der Waals surface area contributed by atoms with Gasteiger partial charge in [-0.2, -0.15) is 0 Å². The molecule has 0 radical (unpaired) electrons. The largest absolute Gasteiger partial charge is 0.504 e. The number of nitrogens with zero attached hydrogens (tertiary/aromatic N) is 3. The van der Waals surface area contributed by atoms with Gasteiger partial charge in [-0.3, -0.25) is 14.7 Å². The highest BCUT2D eigenvalue weighted by Crippen LogP contribution is 2.37. The molecule has 0 atom stereocenters. The van der Waals surface area contributed by atoms with Crippen LogP contribution in [0.4, 0.5) is 0 Å². The van der Waals surface area contributed by atoms with E-state index in [9.17, 15) is 9.90 Å². The van der Waals surface area contributed by atoms with Crippen molar-refractivity contribution in [2.45, 2.75) is 19.5 Å². The van der Waals surface area contributed by atoms with E-state index in [1.807, 2.05) is 18.2 Å². The topological polar surface area (TPSA) is 101 Å². The van der Waals surface area contributed by atoms with E-state index in [-0.39, 0.29) is 11.3 Å². The average Bonchev–Trinajstić information content (AvgIpc) is 2.74. The molecule has 0 unspecified atom stereocenters. The van der Waals surface area contributed by atoms with Gasteiger partial charge in [-0.15, -0.1) is 0 Å². The fourth-order valence-corrected chi connectivity index (χ4v) is 3.61. The molecule has 0 saturated carbocycles. The van der Waals surface area contributed by atoms with Crippen LogP contribution in [0.3, 0.4) is 0 Å². The van der Waals surface area contributed by atoms with Gasteiger partial charge in [0.2, 0.25) is 5.75 Å². The molecule has 4 rings (SSSR count). The summed E-state index contributed by atoms with van der Waals surface area (Å²) in [6.45, 7) is 1.82. The van der Waals surface area contributed by atoms with Crippen molar-refractivity contribution in [2.75, 3.05) is 20.8 Å². The van der Waals surface area contributed by atoms with Crippen LogP contribution in [-0.2, 0) is 19.5 Å². The second-order valence-corrected chi connectivity index (χ2v) is 6.89. The summed E-state index contributed by atoms with van der Waals surface area (Å²) < 4.78 is 10.5. The molecule has 1 aliphatic rings. The maximum Gasteiger partial charge on any atom is 0.255 e. The number of hydrogen-bond acceptors (Lipinski definition) is 7. The number of ether oxygens (including phenoxy) is 2. The quantitative estimate of drug-likeness (QED) is 0.684. The van der Waals surface area contributed by atoms with E-state index in [0.29, 0.717) is 42.4 Å². The van der Waals surface area contributed by atoms with E-state index in [1.165, 1.54) is 14.2 Å². The summed E-state index contributed by atoms with van der Waals surface area (Å²) in [4.78, 5) is 26.4. The molecule has 1 aliphatic heterocycles. The molecule has 8 heteroatoms. The Hall–Kier alpha value is -3.39. The maximum atomic E-state index is 12.7. The number of H-pyrrole nitrogens is 1. The van der Waals surface area contributed by atoms with Crippen LogP contribution in [0.15, 0.2) is 41.5 Å². The molecule has 29 heavy (non-hydrogen) atoms. The van der Waals surface area contributed by atoms with Gasteiger partial charge in [-0.1, -0.05) is 0 Å². The van der Waals surface area contributed by atoms with Gasteiger partial charge in [-0.05, 0) is 29.8 Å². The predicted molar refractivity (Wildman–Crippen MR) is 107 cm³/mol. The smallest absolute Gasteiger partial charge is 0.255 e. The molecule has 0 aliphatic carbocycles. The Balaban J connectivity index is 1.57. The van der Waals surface area contributed by atoms with Gasteiger partial charge >= 0.3 is 0 Å².